The zero-order valence-electron chi connectivity index (χ0n) is 7.80. The number of rotatable bonds is 3. The van der Waals surface area contributed by atoms with Crippen LogP contribution >= 0.6 is 0 Å². The lowest BCUT2D eigenvalue weighted by molar-refractivity contribution is -0.138. The fourth-order valence-corrected chi connectivity index (χ4v) is 1.62. The number of aliphatic carboxylic acids is 1. The van der Waals surface area contributed by atoms with Crippen molar-refractivity contribution in [1.82, 2.24) is 4.98 Å². The summed E-state index contributed by atoms with van der Waals surface area (Å²) in [5.74, 6) is -0.314. The average Bonchev–Trinajstić information content (AvgIpc) is 2.97. The van der Waals surface area contributed by atoms with Gasteiger partial charge in [-0.05, 0) is 18.6 Å². The Morgan fingerprint density at radius 3 is 3.07 bits per heavy atom. The van der Waals surface area contributed by atoms with Gasteiger partial charge in [-0.15, -0.1) is 0 Å². The monoisotopic (exact) mass is 193 g/mol. The molecule has 0 bridgehead atoms. The number of hydrogen-bond donors (Lipinski definition) is 1. The Hall–Kier alpha value is -1.58. The zero-order chi connectivity index (χ0) is 10.1. The van der Waals surface area contributed by atoms with E-state index in [1.54, 1.807) is 25.4 Å². The molecule has 4 nitrogen and oxygen atoms in total. The molecule has 2 rings (SSSR count). The van der Waals surface area contributed by atoms with E-state index in [-0.39, 0.29) is 11.8 Å². The summed E-state index contributed by atoms with van der Waals surface area (Å²) in [7, 11) is 1.57. The normalized spacial score (nSPS) is 24.4. The molecule has 14 heavy (non-hydrogen) atoms. The first-order valence-corrected chi connectivity index (χ1v) is 4.45. The van der Waals surface area contributed by atoms with Gasteiger partial charge in [0, 0.05) is 12.1 Å². The summed E-state index contributed by atoms with van der Waals surface area (Å²) in [5.41, 5.74) is 0.766. The fourth-order valence-electron chi connectivity index (χ4n) is 1.62. The Morgan fingerprint density at radius 2 is 2.50 bits per heavy atom. The molecular weight excluding hydrogens is 182 g/mol. The highest BCUT2D eigenvalue weighted by Crippen LogP contribution is 2.49. The van der Waals surface area contributed by atoms with E-state index < -0.39 is 5.97 Å². The standard InChI is InChI=1S/C10H11NO3/c1-14-8-3-2-4-11-9(8)6-5-7(6)10(12)13/h2-4,6-7H,5H2,1H3,(H,12,13)/t6-,7-/m1/s1. The van der Waals surface area contributed by atoms with Crippen LogP contribution in [0.1, 0.15) is 18.0 Å². The smallest absolute Gasteiger partial charge is 0.307 e. The summed E-state index contributed by atoms with van der Waals surface area (Å²) in [6.45, 7) is 0. The second-order valence-electron chi connectivity index (χ2n) is 3.38. The molecule has 1 aliphatic rings. The number of carboxylic acid groups (broad SMARTS) is 1. The van der Waals surface area contributed by atoms with Crippen molar-refractivity contribution in [2.24, 2.45) is 5.92 Å². The minimum absolute atomic E-state index is 0.0312. The van der Waals surface area contributed by atoms with Crippen LogP contribution in [0.3, 0.4) is 0 Å². The molecule has 2 atom stereocenters. The quantitative estimate of drug-likeness (QED) is 0.785. The summed E-state index contributed by atoms with van der Waals surface area (Å²) in [6, 6.07) is 3.58. The molecule has 1 saturated carbocycles. The van der Waals surface area contributed by atoms with E-state index in [0.29, 0.717) is 12.2 Å². The summed E-state index contributed by atoms with van der Waals surface area (Å²) in [5, 5.41) is 8.78. The molecule has 1 N–H and O–H groups in total. The van der Waals surface area contributed by atoms with Crippen LogP contribution in [0.25, 0.3) is 0 Å². The zero-order valence-corrected chi connectivity index (χ0v) is 7.80. The molecule has 0 amide bonds. The van der Waals surface area contributed by atoms with E-state index in [0.717, 1.165) is 5.69 Å². The van der Waals surface area contributed by atoms with E-state index in [1.807, 2.05) is 0 Å². The Labute approximate surface area is 81.5 Å². The van der Waals surface area contributed by atoms with Crippen molar-refractivity contribution in [2.45, 2.75) is 12.3 Å². The Kier molecular flexibility index (Phi) is 2.11. The van der Waals surface area contributed by atoms with Gasteiger partial charge >= 0.3 is 5.97 Å². The lowest BCUT2D eigenvalue weighted by atomic mass is 10.2. The molecule has 0 unspecified atom stereocenters. The summed E-state index contributed by atoms with van der Waals surface area (Å²) >= 11 is 0. The first kappa shape index (κ1) is 8.99. The number of methoxy groups -OCH3 is 1. The predicted octanol–water partition coefficient (Wildman–Crippen LogP) is 1.28. The maximum Gasteiger partial charge on any atom is 0.307 e. The molecule has 0 spiro atoms. The summed E-state index contributed by atoms with van der Waals surface area (Å²) < 4.78 is 5.12. The van der Waals surface area contributed by atoms with Gasteiger partial charge in [-0.3, -0.25) is 9.78 Å². The van der Waals surface area contributed by atoms with Gasteiger partial charge in [0.15, 0.2) is 0 Å². The first-order chi connectivity index (χ1) is 6.74. The molecule has 1 fully saturated rings. The first-order valence-electron chi connectivity index (χ1n) is 4.45. The minimum Gasteiger partial charge on any atom is -0.495 e. The largest absolute Gasteiger partial charge is 0.495 e. The third-order valence-electron chi connectivity index (χ3n) is 2.48. The molecule has 1 heterocycles. The van der Waals surface area contributed by atoms with Crippen molar-refractivity contribution in [3.63, 3.8) is 0 Å². The maximum absolute atomic E-state index is 10.7. The van der Waals surface area contributed by atoms with Crippen LogP contribution in [-0.4, -0.2) is 23.2 Å². The SMILES string of the molecule is COc1cccnc1[C@@H]1C[C@H]1C(=O)O. The van der Waals surface area contributed by atoms with Crippen molar-refractivity contribution < 1.29 is 14.6 Å². The van der Waals surface area contributed by atoms with Crippen LogP contribution in [0.5, 0.6) is 5.75 Å². The highest BCUT2D eigenvalue weighted by atomic mass is 16.5. The van der Waals surface area contributed by atoms with Crippen molar-refractivity contribution >= 4 is 5.97 Å². The number of ether oxygens (including phenoxy) is 1. The molecule has 4 heteroatoms. The predicted molar refractivity (Wildman–Crippen MR) is 49.3 cm³/mol. The van der Waals surface area contributed by atoms with Gasteiger partial charge in [0.25, 0.3) is 0 Å². The van der Waals surface area contributed by atoms with E-state index >= 15 is 0 Å². The van der Waals surface area contributed by atoms with E-state index in [1.165, 1.54) is 0 Å². The molecular formula is C10H11NO3. The number of carboxylic acids is 1. The number of pyridine rings is 1. The molecule has 0 saturated heterocycles. The van der Waals surface area contributed by atoms with Gasteiger partial charge in [0.05, 0.1) is 18.7 Å². The van der Waals surface area contributed by atoms with Crippen molar-refractivity contribution in [3.8, 4) is 5.75 Å². The fraction of sp³-hybridized carbons (Fsp3) is 0.400. The molecule has 0 radical (unpaired) electrons. The Balaban J connectivity index is 2.22. The highest BCUT2D eigenvalue weighted by Gasteiger charge is 2.46. The molecule has 0 aliphatic heterocycles. The molecule has 0 aromatic carbocycles. The molecule has 1 aromatic rings. The van der Waals surface area contributed by atoms with Crippen LogP contribution in [0.4, 0.5) is 0 Å². The van der Waals surface area contributed by atoms with Gasteiger partial charge in [0.2, 0.25) is 0 Å². The van der Waals surface area contributed by atoms with E-state index in [9.17, 15) is 4.79 Å². The van der Waals surface area contributed by atoms with Gasteiger partial charge in [-0.2, -0.15) is 0 Å². The van der Waals surface area contributed by atoms with Gasteiger partial charge in [-0.25, -0.2) is 0 Å². The lowest BCUT2D eigenvalue weighted by Crippen LogP contribution is -2.01. The molecule has 74 valence electrons. The Morgan fingerprint density at radius 1 is 1.71 bits per heavy atom. The lowest BCUT2D eigenvalue weighted by Gasteiger charge is -2.04. The number of carbonyl (C=O) groups is 1. The second kappa shape index (κ2) is 3.29. The minimum atomic E-state index is -0.747. The van der Waals surface area contributed by atoms with Crippen molar-refractivity contribution in [1.29, 1.82) is 0 Å². The second-order valence-corrected chi connectivity index (χ2v) is 3.38. The van der Waals surface area contributed by atoms with Crippen LogP contribution in [-0.2, 0) is 4.79 Å². The van der Waals surface area contributed by atoms with Crippen molar-refractivity contribution in [3.05, 3.63) is 24.0 Å². The van der Waals surface area contributed by atoms with Crippen LogP contribution in [0.2, 0.25) is 0 Å². The third-order valence-corrected chi connectivity index (χ3v) is 2.48. The maximum atomic E-state index is 10.7. The molecule has 1 aliphatic carbocycles. The Bertz CT molecular complexity index is 364. The summed E-state index contributed by atoms with van der Waals surface area (Å²) in [4.78, 5) is 14.8. The topological polar surface area (TPSA) is 59.4 Å². The highest BCUT2D eigenvalue weighted by molar-refractivity contribution is 5.75. The molecule has 1 aromatic heterocycles. The van der Waals surface area contributed by atoms with Crippen LogP contribution in [0, 0.1) is 5.92 Å². The van der Waals surface area contributed by atoms with Gasteiger partial charge in [-0.1, -0.05) is 0 Å². The van der Waals surface area contributed by atoms with Crippen LogP contribution < -0.4 is 4.74 Å². The number of nitrogens with zero attached hydrogens (tertiary/aromatic N) is 1. The number of hydrogen-bond acceptors (Lipinski definition) is 3. The van der Waals surface area contributed by atoms with E-state index in [2.05, 4.69) is 4.98 Å². The summed E-state index contributed by atoms with van der Waals surface area (Å²) in [6.07, 6.45) is 2.33. The van der Waals surface area contributed by atoms with Crippen molar-refractivity contribution in [2.75, 3.05) is 7.11 Å². The van der Waals surface area contributed by atoms with Crippen LogP contribution in [0.15, 0.2) is 18.3 Å². The van der Waals surface area contributed by atoms with Gasteiger partial charge < -0.3 is 9.84 Å². The number of aromatic nitrogens is 1. The van der Waals surface area contributed by atoms with E-state index in [4.69, 9.17) is 9.84 Å². The third kappa shape index (κ3) is 1.43. The average molecular weight is 193 g/mol. The van der Waals surface area contributed by atoms with Gasteiger partial charge in [0.1, 0.15) is 5.75 Å².